The molecule has 0 bridgehead atoms. The summed E-state index contributed by atoms with van der Waals surface area (Å²) < 4.78 is 30.3. The van der Waals surface area contributed by atoms with Crippen LogP contribution in [0.15, 0.2) is 41.7 Å². The van der Waals surface area contributed by atoms with Gasteiger partial charge in [-0.2, -0.15) is 0 Å². The maximum absolute atomic E-state index is 13.5. The minimum absolute atomic E-state index is 0.0283. The van der Waals surface area contributed by atoms with Crippen molar-refractivity contribution in [1.82, 2.24) is 23.9 Å². The smallest absolute Gasteiger partial charge is 0.295 e. The van der Waals surface area contributed by atoms with E-state index in [2.05, 4.69) is 26.3 Å². The minimum Gasteiger partial charge on any atom is -0.384 e. The van der Waals surface area contributed by atoms with Crippen molar-refractivity contribution < 1.29 is 8.78 Å². The number of hydrogen-bond donors (Lipinski definition) is 2. The van der Waals surface area contributed by atoms with Crippen molar-refractivity contribution in [2.45, 2.75) is 25.2 Å². The van der Waals surface area contributed by atoms with E-state index in [0.717, 1.165) is 21.8 Å². The fourth-order valence-corrected chi connectivity index (χ4v) is 5.62. The van der Waals surface area contributed by atoms with Crippen molar-refractivity contribution in [2.24, 2.45) is 7.05 Å². The lowest BCUT2D eigenvalue weighted by molar-refractivity contribution is 0.140. The Bertz CT molecular complexity index is 1230. The molecule has 0 aliphatic heterocycles. The Kier molecular flexibility index (Phi) is 8.29. The van der Waals surface area contributed by atoms with Crippen LogP contribution in [-0.2, 0) is 7.05 Å². The molecule has 0 fully saturated rings. The molecule has 3 aromatic heterocycles. The van der Waals surface area contributed by atoms with E-state index in [1.54, 1.807) is 24.2 Å². The number of halogens is 3. The van der Waals surface area contributed by atoms with E-state index in [0.29, 0.717) is 16.9 Å². The first-order valence-electron chi connectivity index (χ1n) is 9.68. The molecule has 0 aliphatic rings. The second-order valence-corrected chi connectivity index (χ2v) is 9.30. The van der Waals surface area contributed by atoms with Crippen molar-refractivity contribution in [2.75, 3.05) is 17.3 Å². The number of pyridine rings is 1. The number of fused-ring (bicyclic) bond motifs is 1. The number of anilines is 3. The van der Waals surface area contributed by atoms with Gasteiger partial charge in [-0.1, -0.05) is 19.9 Å². The van der Waals surface area contributed by atoms with Gasteiger partial charge in [-0.25, -0.2) is 23.7 Å². The Morgan fingerprint density at radius 1 is 1.19 bits per heavy atom. The predicted molar refractivity (Wildman–Crippen MR) is 140 cm³/mol. The third-order valence-electron chi connectivity index (χ3n) is 4.52. The molecule has 3 heterocycles. The van der Waals surface area contributed by atoms with Crippen LogP contribution in [0.1, 0.15) is 26.1 Å². The molecule has 0 aliphatic carbocycles. The first kappa shape index (κ1) is 24.7. The Balaban J connectivity index is 0.00000141. The molecule has 0 spiro atoms. The van der Waals surface area contributed by atoms with Crippen LogP contribution in [0.5, 0.6) is 0 Å². The lowest BCUT2D eigenvalue weighted by atomic mass is 10.1. The number of aryl methyl sites for hydroxylation is 1. The highest BCUT2D eigenvalue weighted by Gasteiger charge is 2.22. The van der Waals surface area contributed by atoms with Gasteiger partial charge >= 0.3 is 0 Å². The number of alkyl halides is 2. The number of nitrogens with two attached hydrogens (primary N) is 1. The highest BCUT2D eigenvalue weighted by molar-refractivity contribution is 14.2. The maximum Gasteiger partial charge on any atom is 0.295 e. The fraction of sp³-hybridized carbons (Fsp3) is 0.250. The average molecular weight is 589 g/mol. The number of rotatable bonds is 6. The third-order valence-corrected chi connectivity index (χ3v) is 7.36. The van der Waals surface area contributed by atoms with Gasteiger partial charge in [-0.3, -0.25) is 4.34 Å². The van der Waals surface area contributed by atoms with Crippen molar-refractivity contribution >= 4 is 68.5 Å². The molecule has 4 aromatic rings. The van der Waals surface area contributed by atoms with Crippen LogP contribution in [0.2, 0.25) is 0 Å². The van der Waals surface area contributed by atoms with E-state index in [4.69, 9.17) is 5.73 Å². The summed E-state index contributed by atoms with van der Waals surface area (Å²) in [4.78, 5) is 13.6. The molecule has 3 N–H and O–H groups in total. The second-order valence-electron chi connectivity index (χ2n) is 6.39. The lowest BCUT2D eigenvalue weighted by Crippen LogP contribution is -1.99. The van der Waals surface area contributed by atoms with Crippen molar-refractivity contribution in [3.8, 4) is 11.3 Å². The van der Waals surface area contributed by atoms with Gasteiger partial charge in [0, 0.05) is 23.6 Å². The van der Waals surface area contributed by atoms with E-state index < -0.39 is 6.43 Å². The standard InChI is InChI=1S/C18H17F2IN7PS.C2H6/c1-27-8-23-7-12(27)9-3-4-10(13(5-9)30-2)24-11-6-14(22)25-17-15(11)26-18(16(19)20)28(17)29-21;1-2/h3-8,16,29H,1-2H3,(H3,22,24,25);1-2H3. The summed E-state index contributed by atoms with van der Waals surface area (Å²) in [6.07, 6.45) is 2.87. The normalized spacial score (nSPS) is 11.4. The zero-order valence-corrected chi connectivity index (χ0v) is 21.9. The monoisotopic (exact) mass is 589 g/mol. The quantitative estimate of drug-likeness (QED) is 0.149. The number of thioether (sulfide) groups is 1. The largest absolute Gasteiger partial charge is 0.384 e. The number of nitrogen functional groups attached to an aromatic ring is 1. The van der Waals surface area contributed by atoms with Crippen LogP contribution >= 0.6 is 40.2 Å². The Hall–Kier alpha value is -1.98. The predicted octanol–water partition coefficient (Wildman–Crippen LogP) is 6.63. The number of nitrogens with zero attached hydrogens (tertiary/aromatic N) is 5. The number of hydrogen-bond acceptors (Lipinski definition) is 6. The van der Waals surface area contributed by atoms with E-state index in [1.807, 2.05) is 72.1 Å². The molecule has 12 heteroatoms. The summed E-state index contributed by atoms with van der Waals surface area (Å²) in [5.41, 5.74) is 10.1. The van der Waals surface area contributed by atoms with Crippen LogP contribution in [0.25, 0.3) is 22.4 Å². The molecule has 0 amide bonds. The van der Waals surface area contributed by atoms with Gasteiger partial charge in [0.25, 0.3) is 6.43 Å². The van der Waals surface area contributed by atoms with Gasteiger partial charge in [0.1, 0.15) is 11.3 Å². The Labute approximate surface area is 203 Å². The fourth-order valence-electron chi connectivity index (χ4n) is 3.14. The highest BCUT2D eigenvalue weighted by atomic mass is 127. The van der Waals surface area contributed by atoms with Crippen LogP contribution in [0.3, 0.4) is 0 Å². The zero-order valence-electron chi connectivity index (χ0n) is 17.9. The lowest BCUT2D eigenvalue weighted by Gasteiger charge is -2.13. The highest BCUT2D eigenvalue weighted by Crippen LogP contribution is 2.39. The number of imidazole rings is 2. The summed E-state index contributed by atoms with van der Waals surface area (Å²) >= 11 is 3.61. The van der Waals surface area contributed by atoms with Gasteiger partial charge < -0.3 is 15.6 Å². The second kappa shape index (κ2) is 10.8. The van der Waals surface area contributed by atoms with Crippen molar-refractivity contribution in [1.29, 1.82) is 0 Å². The molecule has 32 heavy (non-hydrogen) atoms. The van der Waals surface area contributed by atoms with Crippen LogP contribution in [0, 0.1) is 0 Å². The number of nitrogens with one attached hydrogen (secondary N) is 1. The molecule has 4 rings (SSSR count). The summed E-state index contributed by atoms with van der Waals surface area (Å²) in [6, 6.07) is 7.60. The molecule has 1 aromatic carbocycles. The van der Waals surface area contributed by atoms with E-state index in [9.17, 15) is 8.78 Å². The number of benzene rings is 1. The van der Waals surface area contributed by atoms with E-state index in [1.165, 1.54) is 4.34 Å². The molecule has 7 nitrogen and oxygen atoms in total. The summed E-state index contributed by atoms with van der Waals surface area (Å²) in [6.45, 7) is 4.00. The average Bonchev–Trinajstić information content (AvgIpc) is 3.38. The SMILES string of the molecule is CC.CSc1cc(-c2cncn2C)ccc1Nc1cc(N)nc2c1nc(C(F)F)n2PI. The minimum atomic E-state index is -2.70. The van der Waals surface area contributed by atoms with E-state index in [-0.39, 0.29) is 18.0 Å². The topological polar surface area (TPSA) is 86.6 Å². The maximum atomic E-state index is 13.5. The molecule has 1 atom stereocenters. The van der Waals surface area contributed by atoms with Crippen LogP contribution in [-0.4, -0.2) is 30.1 Å². The molecule has 0 radical (unpaired) electrons. The molecule has 0 saturated heterocycles. The summed E-state index contributed by atoms with van der Waals surface area (Å²) in [5.74, 6) is -0.0747. The third kappa shape index (κ3) is 4.84. The molecule has 170 valence electrons. The Morgan fingerprint density at radius 2 is 1.94 bits per heavy atom. The van der Waals surface area contributed by atoms with Gasteiger partial charge in [0.2, 0.25) is 0 Å². The summed E-state index contributed by atoms with van der Waals surface area (Å²) in [5, 5.41) is 3.31. The summed E-state index contributed by atoms with van der Waals surface area (Å²) in [7, 11) is 1.94. The van der Waals surface area contributed by atoms with Gasteiger partial charge in [-0.05, 0) is 40.4 Å². The molecule has 0 saturated carbocycles. The van der Waals surface area contributed by atoms with Crippen LogP contribution in [0.4, 0.5) is 26.0 Å². The van der Waals surface area contributed by atoms with Crippen molar-refractivity contribution in [3.05, 3.63) is 42.6 Å². The van der Waals surface area contributed by atoms with E-state index >= 15 is 0 Å². The molecule has 1 unspecified atom stereocenters. The molecular formula is C20H23F2IN7PS. The van der Waals surface area contributed by atoms with Crippen LogP contribution < -0.4 is 11.1 Å². The van der Waals surface area contributed by atoms with Gasteiger partial charge in [0.15, 0.2) is 11.5 Å². The zero-order chi connectivity index (χ0) is 23.4. The molecular weight excluding hydrogens is 566 g/mol. The first-order valence-corrected chi connectivity index (χ1v) is 15.0. The Morgan fingerprint density at radius 3 is 2.53 bits per heavy atom. The van der Waals surface area contributed by atoms with Crippen molar-refractivity contribution in [3.63, 3.8) is 0 Å². The van der Waals surface area contributed by atoms with Gasteiger partial charge in [0.05, 0.1) is 36.0 Å². The van der Waals surface area contributed by atoms with Gasteiger partial charge in [-0.15, -0.1) is 11.8 Å². The number of aromatic nitrogens is 5. The first-order chi connectivity index (χ1) is 15.4.